The minimum Gasteiger partial charge on any atom is -0.360 e. The van der Waals surface area contributed by atoms with Gasteiger partial charge in [0, 0.05) is 30.5 Å². The summed E-state index contributed by atoms with van der Waals surface area (Å²) in [4.78, 5) is 23.0. The predicted octanol–water partition coefficient (Wildman–Crippen LogP) is 4.54. The van der Waals surface area contributed by atoms with Crippen LogP contribution in [0.3, 0.4) is 0 Å². The highest BCUT2D eigenvalue weighted by atomic mass is 35.5. The minimum atomic E-state index is -0.621. The summed E-state index contributed by atoms with van der Waals surface area (Å²) in [7, 11) is 2.03. The van der Waals surface area contributed by atoms with Crippen LogP contribution in [0.15, 0.2) is 49.3 Å². The first kappa shape index (κ1) is 23.8. The zero-order valence-corrected chi connectivity index (χ0v) is 19.7. The quantitative estimate of drug-likeness (QED) is 0.429. The van der Waals surface area contributed by atoms with Crippen molar-refractivity contribution in [2.75, 3.05) is 32.1 Å². The van der Waals surface area contributed by atoms with E-state index in [2.05, 4.69) is 38.6 Å². The van der Waals surface area contributed by atoms with Gasteiger partial charge < -0.3 is 15.0 Å². The number of allylic oxidation sites excluding steroid dienone is 1. The number of aromatic nitrogens is 2. The van der Waals surface area contributed by atoms with Gasteiger partial charge >= 0.3 is 0 Å². The maximum Gasteiger partial charge on any atom is 0.165 e. The van der Waals surface area contributed by atoms with Crippen LogP contribution in [0.5, 0.6) is 0 Å². The number of anilines is 2. The molecule has 4 rings (SSSR count). The van der Waals surface area contributed by atoms with Crippen LogP contribution in [0, 0.1) is 17.7 Å². The molecular formula is C26H24ClFN4O2. The van der Waals surface area contributed by atoms with Gasteiger partial charge in [0.25, 0.3) is 0 Å². The number of morpholine rings is 1. The van der Waals surface area contributed by atoms with Gasteiger partial charge in [0.05, 0.1) is 22.8 Å². The highest BCUT2D eigenvalue weighted by Crippen LogP contribution is 2.29. The Morgan fingerprint density at radius 2 is 2.24 bits per heavy atom. The third kappa shape index (κ3) is 5.26. The molecule has 1 saturated heterocycles. The van der Waals surface area contributed by atoms with E-state index < -0.39 is 11.4 Å². The molecule has 1 atom stereocenters. The number of carbonyl (C=O) groups is 1. The second kappa shape index (κ2) is 9.90. The molecule has 6 nitrogen and oxygen atoms in total. The third-order valence-electron chi connectivity index (χ3n) is 5.58. The van der Waals surface area contributed by atoms with Crippen LogP contribution >= 0.6 is 11.6 Å². The molecule has 1 fully saturated rings. The lowest BCUT2D eigenvalue weighted by Gasteiger charge is -2.35. The molecule has 1 unspecified atom stereocenters. The summed E-state index contributed by atoms with van der Waals surface area (Å²) in [6, 6.07) is 8.30. The number of nitrogens with one attached hydrogen (secondary N) is 1. The summed E-state index contributed by atoms with van der Waals surface area (Å²) in [6.07, 6.45) is 2.78. The SMILES string of the molecule is C=CC(=O)Cc1cc2c(Nc3cccc(Cl)c3F)ncnc2cc1C#CC1(C)CN(C)CCO1. The second-order valence-electron chi connectivity index (χ2n) is 8.39. The van der Waals surface area contributed by atoms with Gasteiger partial charge in [0.15, 0.2) is 11.6 Å². The van der Waals surface area contributed by atoms with Crippen LogP contribution < -0.4 is 5.32 Å². The highest BCUT2D eigenvalue weighted by molar-refractivity contribution is 6.31. The molecule has 0 spiro atoms. The van der Waals surface area contributed by atoms with Gasteiger partial charge in [0.1, 0.15) is 17.7 Å². The van der Waals surface area contributed by atoms with Crippen LogP contribution in [0.2, 0.25) is 5.02 Å². The number of nitrogens with zero attached hydrogens (tertiary/aromatic N) is 3. The fourth-order valence-corrected chi connectivity index (χ4v) is 4.01. The molecule has 0 bridgehead atoms. The van der Waals surface area contributed by atoms with Crippen molar-refractivity contribution in [1.29, 1.82) is 0 Å². The molecular weight excluding hydrogens is 455 g/mol. The average molecular weight is 479 g/mol. The molecule has 0 radical (unpaired) electrons. The van der Waals surface area contributed by atoms with Crippen LogP contribution in [0.25, 0.3) is 10.9 Å². The van der Waals surface area contributed by atoms with E-state index in [-0.39, 0.29) is 22.9 Å². The first-order valence-electron chi connectivity index (χ1n) is 10.8. The van der Waals surface area contributed by atoms with Gasteiger partial charge in [-0.1, -0.05) is 36.1 Å². The molecule has 2 aromatic carbocycles. The lowest BCUT2D eigenvalue weighted by molar-refractivity contribution is -0.114. The number of ketones is 1. The Morgan fingerprint density at radius 3 is 3.00 bits per heavy atom. The molecule has 1 aromatic heterocycles. The van der Waals surface area contributed by atoms with E-state index in [0.29, 0.717) is 41.0 Å². The first-order valence-corrected chi connectivity index (χ1v) is 11.2. The maximum absolute atomic E-state index is 14.5. The summed E-state index contributed by atoms with van der Waals surface area (Å²) in [6.45, 7) is 7.66. The third-order valence-corrected chi connectivity index (χ3v) is 5.88. The summed E-state index contributed by atoms with van der Waals surface area (Å²) < 4.78 is 20.4. The predicted molar refractivity (Wildman–Crippen MR) is 132 cm³/mol. The number of rotatable bonds is 5. The van der Waals surface area contributed by atoms with Crippen molar-refractivity contribution in [3.63, 3.8) is 0 Å². The summed E-state index contributed by atoms with van der Waals surface area (Å²) >= 11 is 5.91. The van der Waals surface area contributed by atoms with E-state index in [4.69, 9.17) is 16.3 Å². The molecule has 0 saturated carbocycles. The Morgan fingerprint density at radius 1 is 1.41 bits per heavy atom. The topological polar surface area (TPSA) is 67.4 Å². The number of likely N-dealkylation sites (N-methyl/N-ethyl adjacent to an activating group) is 1. The molecule has 1 aliphatic rings. The van der Waals surface area contributed by atoms with E-state index in [0.717, 1.165) is 6.54 Å². The number of fused-ring (bicyclic) bond motifs is 1. The zero-order chi connectivity index (χ0) is 24.3. The Kier molecular flexibility index (Phi) is 6.94. The first-order chi connectivity index (χ1) is 16.3. The van der Waals surface area contributed by atoms with E-state index in [1.807, 2.05) is 26.1 Å². The fourth-order valence-electron chi connectivity index (χ4n) is 3.84. The van der Waals surface area contributed by atoms with Crippen LogP contribution in [-0.4, -0.2) is 53.0 Å². The number of hydrogen-bond donors (Lipinski definition) is 1. The Hall–Kier alpha value is -3.31. The van der Waals surface area contributed by atoms with Crippen molar-refractivity contribution in [3.8, 4) is 11.8 Å². The number of halogens is 2. The van der Waals surface area contributed by atoms with E-state index in [1.165, 1.54) is 18.5 Å². The van der Waals surface area contributed by atoms with Crippen LogP contribution in [0.4, 0.5) is 15.9 Å². The molecule has 1 N–H and O–H groups in total. The monoisotopic (exact) mass is 478 g/mol. The largest absolute Gasteiger partial charge is 0.360 e. The number of ether oxygens (including phenoxy) is 1. The van der Waals surface area contributed by atoms with Crippen molar-refractivity contribution >= 4 is 39.8 Å². The molecule has 2 heterocycles. The van der Waals surface area contributed by atoms with Gasteiger partial charge in [-0.25, -0.2) is 14.4 Å². The van der Waals surface area contributed by atoms with E-state index in [1.54, 1.807) is 12.1 Å². The zero-order valence-electron chi connectivity index (χ0n) is 19.0. The van der Waals surface area contributed by atoms with Crippen molar-refractivity contribution in [2.45, 2.75) is 18.9 Å². The Bertz CT molecular complexity index is 1330. The summed E-state index contributed by atoms with van der Waals surface area (Å²) in [5.41, 5.74) is 1.53. The lowest BCUT2D eigenvalue weighted by Crippen LogP contribution is -2.47. The lowest BCUT2D eigenvalue weighted by atomic mass is 9.98. The molecule has 3 aromatic rings. The van der Waals surface area contributed by atoms with Gasteiger partial charge in [-0.3, -0.25) is 4.79 Å². The van der Waals surface area contributed by atoms with Gasteiger partial charge in [-0.05, 0) is 49.9 Å². The standard InChI is InChI=1S/C26H24ClFN4O2/c1-4-19(33)12-18-13-20-23(14-17(18)8-9-26(2)15-32(3)10-11-34-26)29-16-30-25(20)31-22-7-5-6-21(27)24(22)28/h4-7,13-14,16H,1,10-12,15H2,2-3H3,(H,29,30,31). The fraction of sp³-hybridized carbons (Fsp3) is 0.269. The molecule has 1 aliphatic heterocycles. The summed E-state index contributed by atoms with van der Waals surface area (Å²) in [5.74, 6) is 6.11. The molecule has 0 amide bonds. The minimum absolute atomic E-state index is 0.00209. The smallest absolute Gasteiger partial charge is 0.165 e. The summed E-state index contributed by atoms with van der Waals surface area (Å²) in [5, 5.41) is 3.61. The van der Waals surface area contributed by atoms with E-state index >= 15 is 0 Å². The Labute approximate surface area is 202 Å². The Balaban J connectivity index is 1.79. The van der Waals surface area contributed by atoms with Crippen LogP contribution in [0.1, 0.15) is 18.1 Å². The molecule has 174 valence electrons. The van der Waals surface area contributed by atoms with E-state index in [9.17, 15) is 9.18 Å². The number of carbonyl (C=O) groups excluding carboxylic acids is 1. The number of benzene rings is 2. The van der Waals surface area contributed by atoms with Crippen molar-refractivity contribution in [1.82, 2.24) is 14.9 Å². The van der Waals surface area contributed by atoms with Crippen molar-refractivity contribution in [2.24, 2.45) is 0 Å². The highest BCUT2D eigenvalue weighted by Gasteiger charge is 2.28. The van der Waals surface area contributed by atoms with Crippen molar-refractivity contribution < 1.29 is 13.9 Å². The van der Waals surface area contributed by atoms with Gasteiger partial charge in [-0.2, -0.15) is 0 Å². The average Bonchev–Trinajstić information content (AvgIpc) is 2.81. The molecule has 0 aliphatic carbocycles. The van der Waals surface area contributed by atoms with Gasteiger partial charge in [0.2, 0.25) is 0 Å². The van der Waals surface area contributed by atoms with Gasteiger partial charge in [-0.15, -0.1) is 0 Å². The van der Waals surface area contributed by atoms with Crippen LogP contribution in [-0.2, 0) is 16.0 Å². The maximum atomic E-state index is 14.5. The van der Waals surface area contributed by atoms with Crippen molar-refractivity contribution in [3.05, 3.63) is 71.3 Å². The number of hydrogen-bond acceptors (Lipinski definition) is 6. The second-order valence-corrected chi connectivity index (χ2v) is 8.80. The molecule has 34 heavy (non-hydrogen) atoms. The normalized spacial score (nSPS) is 18.2. The molecule has 8 heteroatoms.